The van der Waals surface area contributed by atoms with Crippen molar-refractivity contribution in [3.63, 3.8) is 0 Å². The molecule has 0 unspecified atom stereocenters. The van der Waals surface area contributed by atoms with Gasteiger partial charge in [0.05, 0.1) is 19.0 Å². The number of benzene rings is 1. The third-order valence-electron chi connectivity index (χ3n) is 7.75. The van der Waals surface area contributed by atoms with E-state index >= 15 is 0 Å². The zero-order chi connectivity index (χ0) is 35.9. The van der Waals surface area contributed by atoms with Gasteiger partial charge in [-0.1, -0.05) is 29.8 Å². The van der Waals surface area contributed by atoms with E-state index in [2.05, 4.69) is 31.6 Å². The van der Waals surface area contributed by atoms with Crippen LogP contribution in [0.5, 0.6) is 0 Å². The number of carbonyl (C=O) groups is 6. The number of aryl methyl sites for hydroxylation is 1. The van der Waals surface area contributed by atoms with Crippen LogP contribution in [0.2, 0.25) is 0 Å². The van der Waals surface area contributed by atoms with Gasteiger partial charge in [-0.3, -0.25) is 33.8 Å². The van der Waals surface area contributed by atoms with Gasteiger partial charge in [0.2, 0.25) is 23.6 Å². The number of carboxylic acid groups (broad SMARTS) is 1. The number of nitrogens with two attached hydrogens (primary N) is 2. The lowest BCUT2D eigenvalue weighted by Crippen LogP contribution is -2.57. The van der Waals surface area contributed by atoms with Gasteiger partial charge in [0.15, 0.2) is 11.7 Å². The molecule has 1 aromatic carbocycles. The fourth-order valence-electron chi connectivity index (χ4n) is 5.16. The van der Waals surface area contributed by atoms with Gasteiger partial charge in [0.1, 0.15) is 12.1 Å². The Morgan fingerprint density at radius 3 is 2.17 bits per heavy atom. The Morgan fingerprint density at radius 1 is 0.896 bits per heavy atom. The highest BCUT2D eigenvalue weighted by Gasteiger charge is 2.33. The summed E-state index contributed by atoms with van der Waals surface area (Å²) in [6.45, 7) is 8.38. The average Bonchev–Trinajstić information content (AvgIpc) is 2.99. The summed E-state index contributed by atoms with van der Waals surface area (Å²) < 4.78 is 0. The van der Waals surface area contributed by atoms with Gasteiger partial charge in [-0.05, 0) is 71.9 Å². The normalized spacial score (nSPS) is 21.5. The summed E-state index contributed by atoms with van der Waals surface area (Å²) in [6, 6.07) is 3.60. The minimum absolute atomic E-state index is 0.0372. The molecular weight excluding hydrogens is 620 g/mol. The van der Waals surface area contributed by atoms with E-state index < -0.39 is 66.6 Å². The fourth-order valence-corrected chi connectivity index (χ4v) is 5.16. The maximum absolute atomic E-state index is 13.8. The van der Waals surface area contributed by atoms with Crippen LogP contribution in [0.3, 0.4) is 0 Å². The highest BCUT2D eigenvalue weighted by atomic mass is 16.4. The van der Waals surface area contributed by atoms with Crippen LogP contribution in [0.4, 0.5) is 0 Å². The smallest absolute Gasteiger partial charge is 0.305 e. The van der Waals surface area contributed by atoms with Gasteiger partial charge in [0.25, 0.3) is 0 Å². The molecule has 1 heterocycles. The van der Waals surface area contributed by atoms with Gasteiger partial charge >= 0.3 is 5.97 Å². The maximum Gasteiger partial charge on any atom is 0.305 e. The predicted molar refractivity (Wildman–Crippen MR) is 181 cm³/mol. The summed E-state index contributed by atoms with van der Waals surface area (Å²) in [7, 11) is 0. The molecule has 0 radical (unpaired) electrons. The summed E-state index contributed by atoms with van der Waals surface area (Å²) >= 11 is 0. The van der Waals surface area contributed by atoms with Gasteiger partial charge in [-0.25, -0.2) is 0 Å². The highest BCUT2D eigenvalue weighted by molar-refractivity contribution is 5.98. The molecule has 0 aliphatic carbocycles. The Balaban J connectivity index is 2.45. The number of unbranched alkanes of at least 4 members (excludes halogenated alkanes) is 1. The molecule has 15 nitrogen and oxygen atoms in total. The van der Waals surface area contributed by atoms with Crippen molar-refractivity contribution in [3.05, 3.63) is 35.4 Å². The molecule has 1 aliphatic rings. The average molecular weight is 673 g/mol. The molecule has 10 N–H and O–H groups in total. The molecule has 266 valence electrons. The zero-order valence-electron chi connectivity index (χ0n) is 28.4. The van der Waals surface area contributed by atoms with Crippen LogP contribution < -0.4 is 38.1 Å². The first-order valence-electron chi connectivity index (χ1n) is 16.3. The van der Waals surface area contributed by atoms with E-state index in [9.17, 15) is 33.9 Å². The number of ketones is 1. The van der Waals surface area contributed by atoms with Gasteiger partial charge < -0.3 is 43.2 Å². The maximum atomic E-state index is 13.8. The summed E-state index contributed by atoms with van der Waals surface area (Å²) in [5.74, 6) is -5.67. The van der Waals surface area contributed by atoms with E-state index in [1.165, 1.54) is 0 Å². The van der Waals surface area contributed by atoms with Crippen molar-refractivity contribution < 1.29 is 33.9 Å². The molecule has 48 heavy (non-hydrogen) atoms. The van der Waals surface area contributed by atoms with E-state index in [-0.39, 0.29) is 49.5 Å². The molecule has 4 amide bonds. The molecule has 15 heteroatoms. The van der Waals surface area contributed by atoms with E-state index in [4.69, 9.17) is 11.5 Å². The Kier molecular flexibility index (Phi) is 16.0. The standard InChI is InChI=1S/C33H52N8O7/c1-20-10-12-21(13-11-20)16-24-30(47)40-23(9-5-6-15-38-33(2,3)4)26(42)17-22(8-7-14-36-32(34)35)29(46)37-19-27(43)39-25(18-28(44)45)31(48)41-24/h10-13,22-25,38H,5-9,14-19H2,1-4H3,(H,37,46)(H,39,43)(H,40,47)(H,41,48)(H,44,45)(H4,34,35,36)/t22-,23+,24-,25+/m1/s1. The monoisotopic (exact) mass is 672 g/mol. The van der Waals surface area contributed by atoms with Gasteiger partial charge in [-0.15, -0.1) is 0 Å². The summed E-state index contributed by atoms with van der Waals surface area (Å²) in [5, 5.41) is 23.1. The number of guanidine groups is 1. The number of aliphatic imine (C=N–C) groups is 1. The number of Topliss-reactive ketones (excluding diaryl/α,β-unsaturated/α-hetero) is 1. The first-order valence-corrected chi connectivity index (χ1v) is 16.3. The molecule has 0 saturated carbocycles. The first kappa shape index (κ1) is 39.6. The zero-order valence-corrected chi connectivity index (χ0v) is 28.4. The minimum Gasteiger partial charge on any atom is -0.481 e. The van der Waals surface area contributed by atoms with Crippen LogP contribution in [0.25, 0.3) is 0 Å². The molecule has 0 spiro atoms. The molecule has 1 fully saturated rings. The number of hydrogen-bond donors (Lipinski definition) is 8. The van der Waals surface area contributed by atoms with Crippen LogP contribution in [0.15, 0.2) is 29.3 Å². The van der Waals surface area contributed by atoms with E-state index in [0.29, 0.717) is 31.4 Å². The van der Waals surface area contributed by atoms with Crippen LogP contribution in [0.1, 0.15) is 76.8 Å². The number of nitrogens with one attached hydrogen (secondary N) is 5. The lowest BCUT2D eigenvalue weighted by molar-refractivity contribution is -0.141. The molecule has 2 rings (SSSR count). The van der Waals surface area contributed by atoms with Gasteiger partial charge in [-0.2, -0.15) is 0 Å². The van der Waals surface area contributed by atoms with Crippen molar-refractivity contribution in [1.29, 1.82) is 0 Å². The largest absolute Gasteiger partial charge is 0.481 e. The predicted octanol–water partition coefficient (Wildman–Crippen LogP) is -0.216. The number of rotatable bonds is 13. The Morgan fingerprint density at radius 2 is 1.54 bits per heavy atom. The van der Waals surface area contributed by atoms with E-state index in [1.807, 2.05) is 39.8 Å². The Labute approximate surface area is 281 Å². The third kappa shape index (κ3) is 15.4. The first-order chi connectivity index (χ1) is 22.5. The topological polar surface area (TPSA) is 247 Å². The van der Waals surface area contributed by atoms with Crippen molar-refractivity contribution in [2.75, 3.05) is 19.6 Å². The molecule has 0 aromatic heterocycles. The molecular formula is C33H52N8O7. The van der Waals surface area contributed by atoms with Crippen molar-refractivity contribution in [3.8, 4) is 0 Å². The number of hydrogen-bond acceptors (Lipinski definition) is 8. The van der Waals surface area contributed by atoms with Crippen LogP contribution >= 0.6 is 0 Å². The molecule has 1 aromatic rings. The van der Waals surface area contributed by atoms with Crippen LogP contribution in [0, 0.1) is 12.8 Å². The number of amides is 4. The lowest BCUT2D eigenvalue weighted by atomic mass is 9.91. The molecule has 1 saturated heterocycles. The molecule has 1 aliphatic heterocycles. The van der Waals surface area contributed by atoms with Crippen molar-refractivity contribution in [1.82, 2.24) is 26.6 Å². The van der Waals surface area contributed by atoms with Crippen molar-refractivity contribution >= 4 is 41.3 Å². The second-order valence-corrected chi connectivity index (χ2v) is 13.2. The summed E-state index contributed by atoms with van der Waals surface area (Å²) in [6.07, 6.45) is 1.20. The minimum atomic E-state index is -1.53. The number of carboxylic acids is 1. The second kappa shape index (κ2) is 19.3. The SMILES string of the molecule is Cc1ccc(C[C@H]2NC(=O)[C@H](CC(=O)O)NC(=O)CNC(=O)[C@H](CCCN=C(N)N)CC(=O)[C@H](CCCCNC(C)(C)C)NC2=O)cc1. The van der Waals surface area contributed by atoms with Crippen molar-refractivity contribution in [2.45, 2.75) is 103 Å². The van der Waals surface area contributed by atoms with E-state index in [1.54, 1.807) is 12.1 Å². The number of aliphatic carboxylic acids is 1. The van der Waals surface area contributed by atoms with E-state index in [0.717, 1.165) is 5.56 Å². The highest BCUT2D eigenvalue weighted by Crippen LogP contribution is 2.17. The molecule has 0 bridgehead atoms. The number of nitrogens with zero attached hydrogens (tertiary/aromatic N) is 1. The molecule has 4 atom stereocenters. The Bertz CT molecular complexity index is 1310. The lowest BCUT2D eigenvalue weighted by Gasteiger charge is -2.26. The Hall–Kier alpha value is -4.53. The second-order valence-electron chi connectivity index (χ2n) is 13.2. The van der Waals surface area contributed by atoms with Crippen LogP contribution in [-0.4, -0.2) is 89.7 Å². The van der Waals surface area contributed by atoms with Crippen LogP contribution in [-0.2, 0) is 35.2 Å². The van der Waals surface area contributed by atoms with Gasteiger partial charge in [0, 0.05) is 30.8 Å². The quantitative estimate of drug-likeness (QED) is 0.0778. The fraction of sp³-hybridized carbons (Fsp3) is 0.606. The number of carbonyl (C=O) groups excluding carboxylic acids is 5. The summed E-state index contributed by atoms with van der Waals surface area (Å²) in [5.41, 5.74) is 12.4. The summed E-state index contributed by atoms with van der Waals surface area (Å²) in [4.78, 5) is 82.6. The third-order valence-corrected chi connectivity index (χ3v) is 7.75. The van der Waals surface area contributed by atoms with Crippen molar-refractivity contribution in [2.24, 2.45) is 22.4 Å².